The molecule has 0 atom stereocenters. The van der Waals surface area contributed by atoms with Gasteiger partial charge >= 0.3 is 0 Å². The smallest absolute Gasteiger partial charge is 0.144 e. The molecule has 0 N–H and O–H groups in total. The highest BCUT2D eigenvalue weighted by molar-refractivity contribution is 14.1. The van der Waals surface area contributed by atoms with E-state index in [9.17, 15) is 9.59 Å². The van der Waals surface area contributed by atoms with Crippen molar-refractivity contribution >= 4 is 34.2 Å². The van der Waals surface area contributed by atoms with Gasteiger partial charge in [0.2, 0.25) is 0 Å². The van der Waals surface area contributed by atoms with Crippen LogP contribution in [0.4, 0.5) is 0 Å². The van der Waals surface area contributed by atoms with Gasteiger partial charge in [-0.3, -0.25) is 14.5 Å². The van der Waals surface area contributed by atoms with E-state index in [-0.39, 0.29) is 38.8 Å². The number of alkyl halides is 1. The quantitative estimate of drug-likeness (QED) is 0.281. The van der Waals surface area contributed by atoms with Gasteiger partial charge < -0.3 is 28.5 Å². The van der Waals surface area contributed by atoms with E-state index in [4.69, 9.17) is 0 Å². The number of ketones is 2. The molecule has 0 spiro atoms. The highest BCUT2D eigenvalue weighted by Gasteiger charge is 2.28. The van der Waals surface area contributed by atoms with Crippen molar-refractivity contribution in [1.29, 1.82) is 0 Å². The van der Waals surface area contributed by atoms with Crippen molar-refractivity contribution in [3.05, 3.63) is 71.8 Å². The SMILES string of the molecule is C.C.CI.C[N+]1(Cc2ccccc2)CCC(=O)CC1.O=C1CCN(Cc2ccccc2)CC1.[I-]. The zero-order valence-electron chi connectivity index (χ0n) is 19.3. The van der Waals surface area contributed by atoms with E-state index in [0.29, 0.717) is 11.6 Å². The summed E-state index contributed by atoms with van der Waals surface area (Å²) >= 11 is 2.15. The molecule has 34 heavy (non-hydrogen) atoms. The van der Waals surface area contributed by atoms with Gasteiger partial charge in [0.05, 0.1) is 33.0 Å². The Bertz CT molecular complexity index is 781. The summed E-state index contributed by atoms with van der Waals surface area (Å²) in [4.78, 5) is 26.5. The van der Waals surface area contributed by atoms with Crippen LogP contribution in [0.3, 0.4) is 0 Å². The summed E-state index contributed by atoms with van der Waals surface area (Å²) in [6, 6.07) is 21.0. The van der Waals surface area contributed by atoms with E-state index in [2.05, 4.69) is 83.1 Å². The van der Waals surface area contributed by atoms with E-state index in [1.807, 2.05) is 17.1 Å². The number of benzene rings is 2. The molecule has 2 aromatic carbocycles. The predicted molar refractivity (Wildman–Crippen MR) is 150 cm³/mol. The lowest BCUT2D eigenvalue weighted by Crippen LogP contribution is -3.00. The maximum Gasteiger partial charge on any atom is 0.144 e. The summed E-state index contributed by atoms with van der Waals surface area (Å²) in [5, 5.41) is 0. The fraction of sp³-hybridized carbons (Fsp3) is 0.500. The summed E-state index contributed by atoms with van der Waals surface area (Å²) in [5.41, 5.74) is 2.70. The molecule has 0 unspecified atom stereocenters. The molecule has 2 fully saturated rings. The third-order valence-corrected chi connectivity index (χ3v) is 5.93. The summed E-state index contributed by atoms with van der Waals surface area (Å²) in [7, 11) is 2.25. The van der Waals surface area contributed by atoms with Gasteiger partial charge in [-0.15, -0.1) is 0 Å². The monoisotopic (exact) mass is 694 g/mol. The number of carbonyl (C=O) groups is 2. The Morgan fingerprint density at radius 2 is 1.15 bits per heavy atom. The summed E-state index contributed by atoms with van der Waals surface area (Å²) in [6.45, 7) is 5.87. The minimum atomic E-state index is 0. The van der Waals surface area contributed by atoms with Gasteiger partial charge in [0.25, 0.3) is 0 Å². The molecule has 0 aromatic heterocycles. The van der Waals surface area contributed by atoms with Crippen LogP contribution in [-0.4, -0.2) is 59.1 Å². The summed E-state index contributed by atoms with van der Waals surface area (Å²) in [5.74, 6) is 0.841. The Labute approximate surface area is 239 Å². The van der Waals surface area contributed by atoms with Crippen LogP contribution in [-0.2, 0) is 22.7 Å². The number of hydrogen-bond acceptors (Lipinski definition) is 3. The summed E-state index contributed by atoms with van der Waals surface area (Å²) < 4.78 is 1.01. The standard InChI is InChI=1S/C13H18NO.C12H15NO.CH3I.2CH4.HI/c1-14(9-7-13(15)8-10-14)11-12-5-3-2-4-6-12;14-12-6-8-13(9-7-12)10-11-4-2-1-3-5-11;1-2;;;/h2-6H,7-11H2,1H3;1-5H,6-10H2;1H3;2*1H4;1H/q+1;;;;;/p-1. The largest absolute Gasteiger partial charge is 1.00 e. The normalized spacial score (nSPS) is 16.7. The van der Waals surface area contributed by atoms with Gasteiger partial charge in [-0.2, -0.15) is 0 Å². The van der Waals surface area contributed by atoms with Crippen molar-refractivity contribution in [1.82, 2.24) is 4.90 Å². The van der Waals surface area contributed by atoms with Crippen LogP contribution in [0.15, 0.2) is 60.7 Å². The topological polar surface area (TPSA) is 37.4 Å². The fourth-order valence-electron chi connectivity index (χ4n) is 4.01. The lowest BCUT2D eigenvalue weighted by atomic mass is 10.1. The first-order valence-electron chi connectivity index (χ1n) is 11.1. The van der Waals surface area contributed by atoms with Crippen molar-refractivity contribution < 1.29 is 38.0 Å². The molecule has 6 heteroatoms. The number of halogens is 2. The number of piperidine rings is 2. The van der Waals surface area contributed by atoms with Gasteiger partial charge in [-0.1, -0.05) is 98.1 Å². The van der Waals surface area contributed by atoms with Crippen LogP contribution in [0.25, 0.3) is 0 Å². The molecule has 2 aromatic rings. The molecular formula is C28H44I2N2O2. The van der Waals surface area contributed by atoms with E-state index in [1.165, 1.54) is 11.1 Å². The second-order valence-corrected chi connectivity index (χ2v) is 8.55. The molecule has 192 valence electrons. The van der Waals surface area contributed by atoms with Crippen LogP contribution in [0.2, 0.25) is 0 Å². The highest BCUT2D eigenvalue weighted by Crippen LogP contribution is 2.18. The number of quaternary nitrogens is 1. The van der Waals surface area contributed by atoms with Crippen LogP contribution in [0.1, 0.15) is 51.7 Å². The van der Waals surface area contributed by atoms with E-state index >= 15 is 0 Å². The van der Waals surface area contributed by atoms with Crippen LogP contribution >= 0.6 is 22.6 Å². The third-order valence-electron chi connectivity index (χ3n) is 5.93. The van der Waals surface area contributed by atoms with Crippen molar-refractivity contribution in [2.24, 2.45) is 0 Å². The first-order chi connectivity index (χ1) is 15.0. The average Bonchev–Trinajstić information content (AvgIpc) is 2.81. The molecule has 0 amide bonds. The van der Waals surface area contributed by atoms with Crippen molar-refractivity contribution in [3.63, 3.8) is 0 Å². The molecule has 0 radical (unpaired) electrons. The molecule has 0 aliphatic carbocycles. The first-order valence-corrected chi connectivity index (χ1v) is 13.2. The zero-order chi connectivity index (χ0) is 22.5. The molecule has 2 aliphatic heterocycles. The van der Waals surface area contributed by atoms with Crippen LogP contribution in [0, 0.1) is 0 Å². The molecule has 4 nitrogen and oxygen atoms in total. The first kappa shape index (κ1) is 35.3. The maximum absolute atomic E-state index is 11.2. The predicted octanol–water partition coefficient (Wildman–Crippen LogP) is 3.18. The second-order valence-electron chi connectivity index (χ2n) is 8.55. The average molecular weight is 694 g/mol. The number of carbonyl (C=O) groups excluding carboxylic acids is 2. The number of nitrogens with zero attached hydrogens (tertiary/aromatic N) is 2. The van der Waals surface area contributed by atoms with Gasteiger partial charge in [-0.25, -0.2) is 0 Å². The Morgan fingerprint density at radius 3 is 1.62 bits per heavy atom. The zero-order valence-corrected chi connectivity index (χ0v) is 23.6. The van der Waals surface area contributed by atoms with E-state index < -0.39 is 0 Å². The number of likely N-dealkylation sites (tertiary alicyclic amines) is 2. The Kier molecular flexibility index (Phi) is 20.1. The van der Waals surface area contributed by atoms with Crippen LogP contribution < -0.4 is 24.0 Å². The lowest BCUT2D eigenvalue weighted by molar-refractivity contribution is -0.923. The maximum atomic E-state index is 11.2. The Hall–Kier alpha value is -0.840. The van der Waals surface area contributed by atoms with Gasteiger partial charge in [-0.05, 0) is 10.5 Å². The van der Waals surface area contributed by atoms with Gasteiger partial charge in [0.1, 0.15) is 18.1 Å². The summed E-state index contributed by atoms with van der Waals surface area (Å²) in [6.07, 6.45) is 2.96. The van der Waals surface area contributed by atoms with Gasteiger partial charge in [0, 0.05) is 38.0 Å². The molecule has 2 aliphatic rings. The third kappa shape index (κ3) is 13.3. The number of Topliss-reactive ketones (excluding diaryl/α,β-unsaturated/α-hetero) is 2. The molecule has 2 saturated heterocycles. The van der Waals surface area contributed by atoms with E-state index in [1.54, 1.807) is 0 Å². The van der Waals surface area contributed by atoms with Crippen LogP contribution in [0.5, 0.6) is 0 Å². The molecule has 4 rings (SSSR count). The molecule has 0 saturated carbocycles. The molecule has 0 bridgehead atoms. The van der Waals surface area contributed by atoms with E-state index in [0.717, 1.165) is 69.4 Å². The molecule has 2 heterocycles. The highest BCUT2D eigenvalue weighted by atomic mass is 127. The minimum Gasteiger partial charge on any atom is -1.00 e. The Balaban J connectivity index is 0. The Morgan fingerprint density at radius 1 is 0.735 bits per heavy atom. The molecular weight excluding hydrogens is 650 g/mol. The number of rotatable bonds is 4. The van der Waals surface area contributed by atoms with Crippen molar-refractivity contribution in [2.45, 2.75) is 53.6 Å². The van der Waals surface area contributed by atoms with Gasteiger partial charge in [0.15, 0.2) is 0 Å². The second kappa shape index (κ2) is 19.4. The fourth-order valence-corrected chi connectivity index (χ4v) is 4.01. The number of hydrogen-bond donors (Lipinski definition) is 0. The van der Waals surface area contributed by atoms with Crippen molar-refractivity contribution in [2.75, 3.05) is 38.2 Å². The lowest BCUT2D eigenvalue weighted by Gasteiger charge is -2.37. The minimum absolute atomic E-state index is 0. The van der Waals surface area contributed by atoms with Crippen molar-refractivity contribution in [3.8, 4) is 0 Å².